The average molecular weight is 478 g/mol. The third-order valence-corrected chi connectivity index (χ3v) is 9.55. The number of amides is 2. The number of anilines is 1. The number of hydrogen-bond donors (Lipinski definition) is 2. The normalized spacial score (nSPS) is 22.6. The minimum Gasteiger partial charge on any atom is -0.356 e. The Labute approximate surface area is 194 Å². The van der Waals surface area contributed by atoms with Gasteiger partial charge in [-0.3, -0.25) is 9.59 Å². The SMILES string of the molecule is C[C@H]1Sc2ccc(S(=O)(=O)N3CCC(C(=O)NCCC4=CCCCC4)CC3)cc2NC1=O. The molecule has 1 atom stereocenters. The topological polar surface area (TPSA) is 95.6 Å². The van der Waals surface area contributed by atoms with E-state index in [0.29, 0.717) is 38.2 Å². The van der Waals surface area contributed by atoms with E-state index < -0.39 is 10.0 Å². The van der Waals surface area contributed by atoms with Gasteiger partial charge in [-0.15, -0.1) is 11.8 Å². The number of carbonyl (C=O) groups is 2. The molecule has 32 heavy (non-hydrogen) atoms. The second kappa shape index (κ2) is 9.97. The summed E-state index contributed by atoms with van der Waals surface area (Å²) in [5, 5.41) is 5.63. The number of sulfonamides is 1. The highest BCUT2D eigenvalue weighted by Gasteiger charge is 2.33. The monoisotopic (exact) mass is 477 g/mol. The summed E-state index contributed by atoms with van der Waals surface area (Å²) in [6.45, 7) is 3.11. The second-order valence-corrected chi connectivity index (χ2v) is 12.1. The van der Waals surface area contributed by atoms with Crippen LogP contribution in [0.2, 0.25) is 0 Å². The molecule has 2 aliphatic heterocycles. The Kier molecular flexibility index (Phi) is 7.27. The third kappa shape index (κ3) is 5.21. The first kappa shape index (κ1) is 23.3. The van der Waals surface area contributed by atoms with Crippen molar-refractivity contribution in [3.05, 3.63) is 29.8 Å². The number of hydrogen-bond acceptors (Lipinski definition) is 5. The van der Waals surface area contributed by atoms with Crippen LogP contribution in [-0.2, 0) is 19.6 Å². The van der Waals surface area contributed by atoms with Gasteiger partial charge in [-0.05, 0) is 70.1 Å². The van der Waals surface area contributed by atoms with E-state index >= 15 is 0 Å². The zero-order chi connectivity index (χ0) is 22.7. The summed E-state index contributed by atoms with van der Waals surface area (Å²) >= 11 is 1.43. The molecular weight excluding hydrogens is 446 g/mol. The van der Waals surface area contributed by atoms with Gasteiger partial charge in [-0.2, -0.15) is 4.31 Å². The highest BCUT2D eigenvalue weighted by atomic mass is 32.2. The van der Waals surface area contributed by atoms with Crippen LogP contribution in [0.3, 0.4) is 0 Å². The molecule has 0 bridgehead atoms. The van der Waals surface area contributed by atoms with Gasteiger partial charge in [0.05, 0.1) is 15.8 Å². The van der Waals surface area contributed by atoms with Crippen molar-refractivity contribution < 1.29 is 18.0 Å². The maximum atomic E-state index is 13.1. The molecule has 0 saturated carbocycles. The van der Waals surface area contributed by atoms with Crippen molar-refractivity contribution in [1.82, 2.24) is 9.62 Å². The van der Waals surface area contributed by atoms with Crippen LogP contribution in [0.4, 0.5) is 5.69 Å². The number of nitrogens with zero attached hydrogens (tertiary/aromatic N) is 1. The maximum absolute atomic E-state index is 13.1. The van der Waals surface area contributed by atoms with Crippen LogP contribution in [-0.4, -0.2) is 49.4 Å². The van der Waals surface area contributed by atoms with Crippen molar-refractivity contribution in [3.8, 4) is 0 Å². The largest absolute Gasteiger partial charge is 0.356 e. The Bertz CT molecular complexity index is 1010. The number of carbonyl (C=O) groups excluding carboxylic acids is 2. The number of rotatable bonds is 6. The summed E-state index contributed by atoms with van der Waals surface area (Å²) in [5.41, 5.74) is 1.98. The molecule has 1 aliphatic carbocycles. The van der Waals surface area contributed by atoms with Gasteiger partial charge in [-0.1, -0.05) is 11.6 Å². The number of thioether (sulfide) groups is 1. The van der Waals surface area contributed by atoms with Crippen molar-refractivity contribution in [3.63, 3.8) is 0 Å². The molecular formula is C23H31N3O4S2. The van der Waals surface area contributed by atoms with E-state index in [9.17, 15) is 18.0 Å². The Hall–Kier alpha value is -1.84. The first-order valence-corrected chi connectivity index (χ1v) is 13.7. The van der Waals surface area contributed by atoms with Crippen molar-refractivity contribution >= 4 is 39.3 Å². The van der Waals surface area contributed by atoms with E-state index in [1.165, 1.54) is 34.5 Å². The molecule has 9 heteroatoms. The molecule has 174 valence electrons. The molecule has 2 amide bonds. The highest BCUT2D eigenvalue weighted by molar-refractivity contribution is 8.01. The molecule has 1 aromatic rings. The Morgan fingerprint density at radius 3 is 2.75 bits per heavy atom. The average Bonchev–Trinajstić information content (AvgIpc) is 2.80. The van der Waals surface area contributed by atoms with E-state index in [-0.39, 0.29) is 27.9 Å². The smallest absolute Gasteiger partial charge is 0.243 e. The summed E-state index contributed by atoms with van der Waals surface area (Å²) in [6, 6.07) is 4.90. The highest BCUT2D eigenvalue weighted by Crippen LogP contribution is 2.37. The van der Waals surface area contributed by atoms with Gasteiger partial charge >= 0.3 is 0 Å². The van der Waals surface area contributed by atoms with Gasteiger partial charge in [0.15, 0.2) is 0 Å². The molecule has 1 aromatic carbocycles. The predicted molar refractivity (Wildman–Crippen MR) is 126 cm³/mol. The van der Waals surface area contributed by atoms with Crippen molar-refractivity contribution in [1.29, 1.82) is 0 Å². The molecule has 7 nitrogen and oxygen atoms in total. The van der Waals surface area contributed by atoms with Gasteiger partial charge in [0.2, 0.25) is 21.8 Å². The van der Waals surface area contributed by atoms with E-state index in [4.69, 9.17) is 0 Å². The first-order chi connectivity index (χ1) is 15.3. The van der Waals surface area contributed by atoms with Gasteiger partial charge in [0, 0.05) is 30.4 Å². The number of nitrogens with one attached hydrogen (secondary N) is 2. The third-order valence-electron chi connectivity index (χ3n) is 6.47. The second-order valence-electron chi connectivity index (χ2n) is 8.73. The molecule has 0 unspecified atom stereocenters. The van der Waals surface area contributed by atoms with E-state index in [0.717, 1.165) is 24.2 Å². The summed E-state index contributed by atoms with van der Waals surface area (Å²) in [4.78, 5) is 25.5. The fourth-order valence-electron chi connectivity index (χ4n) is 4.48. The molecule has 0 radical (unpaired) electrons. The lowest BCUT2D eigenvalue weighted by atomic mass is 9.96. The molecule has 1 fully saturated rings. The molecule has 3 aliphatic rings. The van der Waals surface area contributed by atoms with E-state index in [1.807, 2.05) is 6.92 Å². The molecule has 0 aromatic heterocycles. The minimum absolute atomic E-state index is 0.0288. The van der Waals surface area contributed by atoms with Crippen molar-refractivity contribution in [2.45, 2.75) is 66.9 Å². The van der Waals surface area contributed by atoms with Crippen LogP contribution in [0.15, 0.2) is 39.6 Å². The minimum atomic E-state index is -3.67. The molecule has 4 rings (SSSR count). The number of allylic oxidation sites excluding steroid dienone is 1. The van der Waals surface area contributed by atoms with Crippen LogP contribution in [0.5, 0.6) is 0 Å². The fourth-order valence-corrected chi connectivity index (χ4v) is 6.90. The fraction of sp³-hybridized carbons (Fsp3) is 0.565. The first-order valence-electron chi connectivity index (χ1n) is 11.4. The molecule has 2 heterocycles. The van der Waals surface area contributed by atoms with Gasteiger partial charge in [-0.25, -0.2) is 8.42 Å². The van der Waals surface area contributed by atoms with Crippen LogP contribution >= 0.6 is 11.8 Å². The standard InChI is InChI=1S/C23H31N3O4S2/c1-16-22(27)25-20-15-19(7-8-21(20)31-16)32(29,30)26-13-10-18(11-14-26)23(28)24-12-9-17-5-3-2-4-6-17/h5,7-8,15-16,18H,2-4,6,9-14H2,1H3,(H,24,28)(H,25,27)/t16-/m1/s1. The van der Waals surface area contributed by atoms with Crippen LogP contribution in [0.25, 0.3) is 0 Å². The van der Waals surface area contributed by atoms with Crippen LogP contribution < -0.4 is 10.6 Å². The van der Waals surface area contributed by atoms with E-state index in [1.54, 1.807) is 18.2 Å². The number of benzene rings is 1. The lowest BCUT2D eigenvalue weighted by Crippen LogP contribution is -2.43. The summed E-state index contributed by atoms with van der Waals surface area (Å²) in [6.07, 6.45) is 9.01. The number of piperidine rings is 1. The summed E-state index contributed by atoms with van der Waals surface area (Å²) < 4.78 is 27.7. The van der Waals surface area contributed by atoms with Gasteiger partial charge in [0.1, 0.15) is 0 Å². The Morgan fingerprint density at radius 2 is 2.03 bits per heavy atom. The molecule has 0 spiro atoms. The predicted octanol–water partition coefficient (Wildman–Crippen LogP) is 3.53. The molecule has 1 saturated heterocycles. The van der Waals surface area contributed by atoms with Gasteiger partial charge in [0.25, 0.3) is 0 Å². The lowest BCUT2D eigenvalue weighted by Gasteiger charge is -2.31. The lowest BCUT2D eigenvalue weighted by molar-refractivity contribution is -0.126. The zero-order valence-electron chi connectivity index (χ0n) is 18.4. The van der Waals surface area contributed by atoms with Crippen molar-refractivity contribution in [2.24, 2.45) is 5.92 Å². The van der Waals surface area contributed by atoms with Gasteiger partial charge < -0.3 is 10.6 Å². The Balaban J connectivity index is 1.31. The summed E-state index contributed by atoms with van der Waals surface area (Å²) in [5.74, 6) is -0.243. The quantitative estimate of drug-likeness (QED) is 0.611. The zero-order valence-corrected chi connectivity index (χ0v) is 20.1. The Morgan fingerprint density at radius 1 is 1.25 bits per heavy atom. The maximum Gasteiger partial charge on any atom is 0.243 e. The van der Waals surface area contributed by atoms with Crippen LogP contribution in [0, 0.1) is 5.92 Å². The van der Waals surface area contributed by atoms with Crippen LogP contribution in [0.1, 0.15) is 51.9 Å². The number of fused-ring (bicyclic) bond motifs is 1. The van der Waals surface area contributed by atoms with E-state index in [2.05, 4.69) is 16.7 Å². The van der Waals surface area contributed by atoms with Crippen molar-refractivity contribution in [2.75, 3.05) is 25.0 Å². The molecule has 2 N–H and O–H groups in total. The summed E-state index contributed by atoms with van der Waals surface area (Å²) in [7, 11) is -3.67.